The molecule has 0 spiro atoms. The number of imide groups is 1. The maximum atomic E-state index is 14.5. The first-order valence-electron chi connectivity index (χ1n) is 10.7. The Morgan fingerprint density at radius 3 is 2.34 bits per heavy atom. The predicted molar refractivity (Wildman–Crippen MR) is 126 cm³/mol. The van der Waals surface area contributed by atoms with Crippen LogP contribution in [0.15, 0.2) is 72.8 Å². The van der Waals surface area contributed by atoms with Gasteiger partial charge in [-0.2, -0.15) is 0 Å². The first-order valence-corrected chi connectivity index (χ1v) is 11.0. The van der Waals surface area contributed by atoms with E-state index in [0.29, 0.717) is 10.6 Å². The van der Waals surface area contributed by atoms with Crippen LogP contribution in [0.3, 0.4) is 0 Å². The largest absolute Gasteiger partial charge is 0.465 e. The molecule has 1 atom stereocenters. The number of halogens is 2. The van der Waals surface area contributed by atoms with E-state index in [2.05, 4.69) is 4.74 Å². The molecule has 9 heteroatoms. The van der Waals surface area contributed by atoms with Crippen molar-refractivity contribution in [1.29, 1.82) is 0 Å². The van der Waals surface area contributed by atoms with Crippen molar-refractivity contribution < 1.29 is 28.3 Å². The molecule has 0 aromatic heterocycles. The number of amides is 3. The molecule has 0 N–H and O–H groups in total. The number of esters is 1. The molecule has 1 aliphatic heterocycles. The molecule has 0 radical (unpaired) electrons. The monoisotopic (exact) mass is 494 g/mol. The number of ether oxygens (including phenoxy) is 1. The third kappa shape index (κ3) is 4.79. The standard InChI is InChI=1S/C26H20ClFN2O5/c1-35-26(34)16-10-12-18(13-11-16)30-23(31)14-22(25(30)33)29(15-17-6-2-4-8-20(17)27)24(32)19-7-3-5-9-21(19)28/h2-13,22H,14-15H2,1H3. The Balaban J connectivity index is 1.69. The molecule has 4 rings (SSSR count). The van der Waals surface area contributed by atoms with E-state index in [1.54, 1.807) is 24.3 Å². The zero-order valence-electron chi connectivity index (χ0n) is 18.6. The molecule has 1 saturated heterocycles. The van der Waals surface area contributed by atoms with Gasteiger partial charge in [-0.3, -0.25) is 14.4 Å². The van der Waals surface area contributed by atoms with Crippen LogP contribution in [0.5, 0.6) is 0 Å². The van der Waals surface area contributed by atoms with E-state index in [1.165, 1.54) is 54.5 Å². The topological polar surface area (TPSA) is 84.0 Å². The van der Waals surface area contributed by atoms with Gasteiger partial charge in [-0.1, -0.05) is 41.9 Å². The lowest BCUT2D eigenvalue weighted by molar-refractivity contribution is -0.122. The quantitative estimate of drug-likeness (QED) is 0.378. The summed E-state index contributed by atoms with van der Waals surface area (Å²) in [5, 5.41) is 0.367. The Morgan fingerprint density at radius 2 is 1.69 bits per heavy atom. The highest BCUT2D eigenvalue weighted by Crippen LogP contribution is 2.29. The van der Waals surface area contributed by atoms with Gasteiger partial charge >= 0.3 is 5.97 Å². The number of methoxy groups -OCH3 is 1. The lowest BCUT2D eigenvalue weighted by Crippen LogP contribution is -2.45. The molecular formula is C26H20ClFN2O5. The minimum atomic E-state index is -1.17. The van der Waals surface area contributed by atoms with E-state index in [0.717, 1.165) is 11.0 Å². The van der Waals surface area contributed by atoms with E-state index in [9.17, 15) is 23.6 Å². The Bertz CT molecular complexity index is 1310. The molecule has 1 unspecified atom stereocenters. The summed E-state index contributed by atoms with van der Waals surface area (Å²) in [5.74, 6) is -3.21. The number of nitrogens with zero attached hydrogens (tertiary/aromatic N) is 2. The molecule has 0 aliphatic carbocycles. The van der Waals surface area contributed by atoms with Gasteiger partial charge < -0.3 is 9.64 Å². The molecule has 3 aromatic rings. The van der Waals surface area contributed by atoms with Crippen LogP contribution in [0.1, 0.15) is 32.7 Å². The smallest absolute Gasteiger partial charge is 0.337 e. The van der Waals surface area contributed by atoms with Gasteiger partial charge in [-0.15, -0.1) is 0 Å². The zero-order valence-corrected chi connectivity index (χ0v) is 19.4. The zero-order chi connectivity index (χ0) is 25.1. The summed E-state index contributed by atoms with van der Waals surface area (Å²) in [6.45, 7) is -0.106. The highest BCUT2D eigenvalue weighted by Gasteiger charge is 2.45. The van der Waals surface area contributed by atoms with Crippen LogP contribution in [0.2, 0.25) is 5.02 Å². The average Bonchev–Trinajstić information content (AvgIpc) is 3.16. The number of carbonyl (C=O) groups excluding carboxylic acids is 4. The lowest BCUT2D eigenvalue weighted by atomic mass is 10.1. The Morgan fingerprint density at radius 1 is 1.03 bits per heavy atom. The van der Waals surface area contributed by atoms with E-state index in [1.807, 2.05) is 0 Å². The summed E-state index contributed by atoms with van der Waals surface area (Å²) in [6, 6.07) is 16.8. The second-order valence-electron chi connectivity index (χ2n) is 7.83. The summed E-state index contributed by atoms with van der Waals surface area (Å²) in [4.78, 5) is 53.6. The fraction of sp³-hybridized carbons (Fsp3) is 0.154. The number of benzene rings is 3. The third-order valence-electron chi connectivity index (χ3n) is 5.71. The second kappa shape index (κ2) is 10.1. The van der Waals surface area contributed by atoms with Gasteiger partial charge in [0.1, 0.15) is 11.9 Å². The number of carbonyl (C=O) groups is 4. The van der Waals surface area contributed by atoms with Crippen LogP contribution in [0, 0.1) is 5.82 Å². The number of anilines is 1. The summed E-state index contributed by atoms with van der Waals surface area (Å²) < 4.78 is 19.1. The summed E-state index contributed by atoms with van der Waals surface area (Å²) in [5.41, 5.74) is 0.814. The SMILES string of the molecule is COC(=O)c1ccc(N2C(=O)CC(N(Cc3ccccc3Cl)C(=O)c3ccccc3F)C2=O)cc1. The molecule has 0 saturated carbocycles. The van der Waals surface area contributed by atoms with Gasteiger partial charge in [0.05, 0.1) is 30.3 Å². The highest BCUT2D eigenvalue weighted by molar-refractivity contribution is 6.31. The highest BCUT2D eigenvalue weighted by atomic mass is 35.5. The number of rotatable bonds is 6. The molecular weight excluding hydrogens is 475 g/mol. The van der Waals surface area contributed by atoms with Crippen molar-refractivity contribution in [2.24, 2.45) is 0 Å². The predicted octanol–water partition coefficient (Wildman–Crippen LogP) is 4.24. The molecule has 178 valence electrons. The van der Waals surface area contributed by atoms with Crippen LogP contribution in [-0.4, -0.2) is 41.7 Å². The Labute approximate surface area is 205 Å². The molecule has 1 heterocycles. The molecule has 35 heavy (non-hydrogen) atoms. The summed E-state index contributed by atoms with van der Waals surface area (Å²) in [7, 11) is 1.24. The molecule has 1 aliphatic rings. The molecule has 0 bridgehead atoms. The average molecular weight is 495 g/mol. The molecule has 7 nitrogen and oxygen atoms in total. The van der Waals surface area contributed by atoms with E-state index < -0.39 is 35.5 Å². The van der Waals surface area contributed by atoms with Crippen molar-refractivity contribution in [1.82, 2.24) is 4.90 Å². The fourth-order valence-electron chi connectivity index (χ4n) is 3.92. The molecule has 3 amide bonds. The maximum Gasteiger partial charge on any atom is 0.337 e. The Hall–Kier alpha value is -4.04. The minimum absolute atomic E-state index is 0.106. The van der Waals surface area contributed by atoms with E-state index >= 15 is 0 Å². The molecule has 1 fully saturated rings. The van der Waals surface area contributed by atoms with Crippen molar-refractivity contribution in [2.45, 2.75) is 19.0 Å². The van der Waals surface area contributed by atoms with Gasteiger partial charge in [0.2, 0.25) is 5.91 Å². The van der Waals surface area contributed by atoms with E-state index in [4.69, 9.17) is 11.6 Å². The normalized spacial score (nSPS) is 15.3. The summed E-state index contributed by atoms with van der Waals surface area (Å²) >= 11 is 6.29. The van der Waals surface area contributed by atoms with Crippen molar-refractivity contribution >= 4 is 41.0 Å². The van der Waals surface area contributed by atoms with Crippen molar-refractivity contribution in [3.8, 4) is 0 Å². The van der Waals surface area contributed by atoms with E-state index in [-0.39, 0.29) is 29.8 Å². The van der Waals surface area contributed by atoms with Gasteiger partial charge in [0.25, 0.3) is 11.8 Å². The van der Waals surface area contributed by atoms with Crippen molar-refractivity contribution in [3.05, 3.63) is 100 Å². The maximum absolute atomic E-state index is 14.5. The van der Waals surface area contributed by atoms with Gasteiger partial charge in [-0.05, 0) is 48.0 Å². The van der Waals surface area contributed by atoms with Crippen molar-refractivity contribution in [3.63, 3.8) is 0 Å². The van der Waals surface area contributed by atoms with Gasteiger partial charge in [0, 0.05) is 11.6 Å². The van der Waals surface area contributed by atoms with Crippen LogP contribution >= 0.6 is 11.6 Å². The Kier molecular flexibility index (Phi) is 6.93. The lowest BCUT2D eigenvalue weighted by Gasteiger charge is -2.28. The van der Waals surface area contributed by atoms with Crippen molar-refractivity contribution in [2.75, 3.05) is 12.0 Å². The summed E-state index contributed by atoms with van der Waals surface area (Å²) in [6.07, 6.45) is -0.289. The first-order chi connectivity index (χ1) is 16.8. The number of hydrogen-bond acceptors (Lipinski definition) is 5. The van der Waals surface area contributed by atoms with Crippen LogP contribution in [0.25, 0.3) is 0 Å². The third-order valence-corrected chi connectivity index (χ3v) is 6.08. The van der Waals surface area contributed by atoms with Crippen LogP contribution < -0.4 is 4.90 Å². The minimum Gasteiger partial charge on any atom is -0.465 e. The van der Waals surface area contributed by atoms with Crippen LogP contribution in [-0.2, 0) is 20.9 Å². The first kappa shape index (κ1) is 24.1. The fourth-order valence-corrected chi connectivity index (χ4v) is 4.11. The van der Waals surface area contributed by atoms with Gasteiger partial charge in [-0.25, -0.2) is 14.1 Å². The van der Waals surface area contributed by atoms with Gasteiger partial charge in [0.15, 0.2) is 0 Å². The van der Waals surface area contributed by atoms with Crippen LogP contribution in [0.4, 0.5) is 10.1 Å². The molecule has 3 aromatic carbocycles. The second-order valence-corrected chi connectivity index (χ2v) is 8.24. The number of hydrogen-bond donors (Lipinski definition) is 0.